The summed E-state index contributed by atoms with van der Waals surface area (Å²) in [5.41, 5.74) is 0. The fourth-order valence-electron chi connectivity index (χ4n) is 4.98. The lowest BCUT2D eigenvalue weighted by atomic mass is 9.86. The maximum Gasteiger partial charge on any atom is 0.409 e. The minimum absolute atomic E-state index is 0.0845. The first-order valence-electron chi connectivity index (χ1n) is 10.3. The Balaban J connectivity index is 1.44. The van der Waals surface area contributed by atoms with Crippen LogP contribution in [0.2, 0.25) is 0 Å². The number of carbonyl (C=O) groups is 2. The van der Waals surface area contributed by atoms with Gasteiger partial charge in [0.25, 0.3) is 0 Å². The van der Waals surface area contributed by atoms with Gasteiger partial charge in [-0.3, -0.25) is 0 Å². The maximum absolute atomic E-state index is 12.1. The monoisotopic (exact) mass is 366 g/mol. The van der Waals surface area contributed by atoms with Crippen LogP contribution in [-0.2, 0) is 4.74 Å². The molecule has 3 heterocycles. The highest BCUT2D eigenvalue weighted by Crippen LogP contribution is 2.32. The van der Waals surface area contributed by atoms with Crippen LogP contribution in [0, 0.1) is 5.92 Å². The highest BCUT2D eigenvalue weighted by molar-refractivity contribution is 5.74. The molecular weight excluding hydrogens is 332 g/mol. The zero-order valence-corrected chi connectivity index (χ0v) is 16.3. The number of rotatable bonds is 3. The number of hydrogen-bond donors (Lipinski definition) is 1. The summed E-state index contributed by atoms with van der Waals surface area (Å²) >= 11 is 0. The summed E-state index contributed by atoms with van der Waals surface area (Å²) in [4.78, 5) is 30.4. The number of amides is 3. The van der Waals surface area contributed by atoms with E-state index in [-0.39, 0.29) is 12.1 Å². The first kappa shape index (κ1) is 19.3. The summed E-state index contributed by atoms with van der Waals surface area (Å²) in [5.74, 6) is 0.630. The van der Waals surface area contributed by atoms with Crippen molar-refractivity contribution in [2.45, 2.75) is 57.5 Å². The van der Waals surface area contributed by atoms with Crippen LogP contribution in [0.15, 0.2) is 0 Å². The number of hydrogen-bond acceptors (Lipinski definition) is 4. The molecule has 3 fully saturated rings. The average Bonchev–Trinajstić information content (AvgIpc) is 3.18. The summed E-state index contributed by atoms with van der Waals surface area (Å²) < 4.78 is 5.11. The third kappa shape index (κ3) is 4.24. The molecule has 0 radical (unpaired) electrons. The van der Waals surface area contributed by atoms with Crippen molar-refractivity contribution in [2.24, 2.45) is 5.92 Å². The van der Waals surface area contributed by atoms with E-state index >= 15 is 0 Å². The Bertz CT molecular complexity index is 485. The number of nitrogens with zero attached hydrogens (tertiary/aromatic N) is 3. The summed E-state index contributed by atoms with van der Waals surface area (Å²) in [6.45, 7) is 7.04. The predicted molar refractivity (Wildman–Crippen MR) is 100 cm³/mol. The zero-order chi connectivity index (χ0) is 18.5. The van der Waals surface area contributed by atoms with Gasteiger partial charge in [0, 0.05) is 38.8 Å². The topological polar surface area (TPSA) is 65.1 Å². The fourth-order valence-corrected chi connectivity index (χ4v) is 4.98. The second-order valence-corrected chi connectivity index (χ2v) is 7.75. The smallest absolute Gasteiger partial charge is 0.409 e. The van der Waals surface area contributed by atoms with Crippen molar-refractivity contribution in [2.75, 3.05) is 46.4 Å². The molecule has 1 atom stereocenters. The number of nitrogens with one attached hydrogen (secondary N) is 1. The Kier molecular flexibility index (Phi) is 6.62. The molecular formula is C19H34N4O3. The zero-order valence-electron chi connectivity index (χ0n) is 16.3. The van der Waals surface area contributed by atoms with E-state index in [1.54, 1.807) is 7.05 Å². The van der Waals surface area contributed by atoms with Crippen molar-refractivity contribution in [3.05, 3.63) is 0 Å². The second-order valence-electron chi connectivity index (χ2n) is 7.75. The summed E-state index contributed by atoms with van der Waals surface area (Å²) in [6, 6.07) is 1.09. The van der Waals surface area contributed by atoms with E-state index in [1.807, 2.05) is 11.8 Å². The molecule has 26 heavy (non-hydrogen) atoms. The SMILES string of the molecule is CCOC(=O)N1CCC(N2CCC([C@@H]3CCCN3C(=O)NC)CC2)CC1. The Morgan fingerprint density at radius 1 is 1.00 bits per heavy atom. The molecule has 0 unspecified atom stereocenters. The lowest BCUT2D eigenvalue weighted by Crippen LogP contribution is -2.51. The Hall–Kier alpha value is -1.50. The van der Waals surface area contributed by atoms with Gasteiger partial charge in [-0.25, -0.2) is 9.59 Å². The largest absolute Gasteiger partial charge is 0.450 e. The van der Waals surface area contributed by atoms with E-state index in [1.165, 1.54) is 12.8 Å². The Morgan fingerprint density at radius 3 is 2.31 bits per heavy atom. The Morgan fingerprint density at radius 2 is 1.69 bits per heavy atom. The van der Waals surface area contributed by atoms with Gasteiger partial charge in [0.15, 0.2) is 0 Å². The van der Waals surface area contributed by atoms with Crippen molar-refractivity contribution in [1.29, 1.82) is 0 Å². The molecule has 3 aliphatic heterocycles. The number of ether oxygens (including phenoxy) is 1. The lowest BCUT2D eigenvalue weighted by Gasteiger charge is -2.43. The van der Waals surface area contributed by atoms with Gasteiger partial charge >= 0.3 is 12.1 Å². The van der Waals surface area contributed by atoms with E-state index in [4.69, 9.17) is 4.74 Å². The molecule has 7 nitrogen and oxygen atoms in total. The Labute approximate surface area is 157 Å². The van der Waals surface area contributed by atoms with Gasteiger partial charge in [-0.1, -0.05) is 0 Å². The quantitative estimate of drug-likeness (QED) is 0.831. The van der Waals surface area contributed by atoms with Gasteiger partial charge in [0.1, 0.15) is 0 Å². The van der Waals surface area contributed by atoms with Crippen LogP contribution in [0.1, 0.15) is 45.4 Å². The normalized spacial score (nSPS) is 26.2. The van der Waals surface area contributed by atoms with Crippen molar-refractivity contribution >= 4 is 12.1 Å². The molecule has 0 aliphatic carbocycles. The molecule has 3 amide bonds. The van der Waals surface area contributed by atoms with E-state index in [0.29, 0.717) is 24.6 Å². The molecule has 1 N–H and O–H groups in total. The second kappa shape index (κ2) is 8.93. The molecule has 148 valence electrons. The van der Waals surface area contributed by atoms with E-state index in [0.717, 1.165) is 58.4 Å². The minimum Gasteiger partial charge on any atom is -0.450 e. The van der Waals surface area contributed by atoms with Crippen LogP contribution >= 0.6 is 0 Å². The van der Waals surface area contributed by atoms with Crippen LogP contribution in [-0.4, -0.2) is 85.3 Å². The highest BCUT2D eigenvalue weighted by Gasteiger charge is 2.37. The van der Waals surface area contributed by atoms with E-state index in [2.05, 4.69) is 15.1 Å². The molecule has 0 saturated carbocycles. The van der Waals surface area contributed by atoms with Gasteiger partial charge in [0.05, 0.1) is 6.61 Å². The molecule has 0 aromatic carbocycles. The maximum atomic E-state index is 12.1. The van der Waals surface area contributed by atoms with Gasteiger partial charge in [-0.15, -0.1) is 0 Å². The molecule has 7 heteroatoms. The molecule has 0 bridgehead atoms. The van der Waals surface area contributed by atoms with Crippen LogP contribution in [0.5, 0.6) is 0 Å². The molecule has 0 aromatic heterocycles. The first-order valence-corrected chi connectivity index (χ1v) is 10.3. The molecule has 3 aliphatic rings. The number of urea groups is 1. The van der Waals surface area contributed by atoms with Crippen LogP contribution in [0.25, 0.3) is 0 Å². The predicted octanol–water partition coefficient (Wildman–Crippen LogP) is 2.12. The summed E-state index contributed by atoms with van der Waals surface area (Å²) in [7, 11) is 1.73. The lowest BCUT2D eigenvalue weighted by molar-refractivity contribution is 0.0521. The highest BCUT2D eigenvalue weighted by atomic mass is 16.6. The molecule has 3 rings (SSSR count). The van der Waals surface area contributed by atoms with Crippen LogP contribution in [0.4, 0.5) is 9.59 Å². The number of likely N-dealkylation sites (tertiary alicyclic amines) is 3. The van der Waals surface area contributed by atoms with Gasteiger partial charge in [-0.2, -0.15) is 0 Å². The van der Waals surface area contributed by atoms with Gasteiger partial charge in [0.2, 0.25) is 0 Å². The summed E-state index contributed by atoms with van der Waals surface area (Å²) in [6.07, 6.45) is 6.54. The molecule has 3 saturated heterocycles. The van der Waals surface area contributed by atoms with E-state index < -0.39 is 0 Å². The first-order chi connectivity index (χ1) is 12.6. The minimum atomic E-state index is -0.166. The molecule has 0 spiro atoms. The van der Waals surface area contributed by atoms with Crippen molar-refractivity contribution in [3.8, 4) is 0 Å². The third-order valence-corrected chi connectivity index (χ3v) is 6.40. The van der Waals surface area contributed by atoms with Gasteiger partial charge in [-0.05, 0) is 64.5 Å². The standard InChI is InChI=1S/C19H34N4O3/c1-3-26-19(25)22-13-8-16(9-14-22)21-11-6-15(7-12-21)17-5-4-10-23(17)18(24)20-2/h15-17H,3-14H2,1-2H3,(H,20,24)/t17-/m0/s1. The summed E-state index contributed by atoms with van der Waals surface area (Å²) in [5, 5.41) is 2.79. The van der Waals surface area contributed by atoms with Crippen molar-refractivity contribution < 1.29 is 14.3 Å². The van der Waals surface area contributed by atoms with Crippen LogP contribution < -0.4 is 5.32 Å². The molecule has 0 aromatic rings. The van der Waals surface area contributed by atoms with Crippen LogP contribution in [0.3, 0.4) is 0 Å². The van der Waals surface area contributed by atoms with Crippen molar-refractivity contribution in [3.63, 3.8) is 0 Å². The van der Waals surface area contributed by atoms with Gasteiger partial charge < -0.3 is 24.8 Å². The third-order valence-electron chi connectivity index (χ3n) is 6.40. The number of piperidine rings is 2. The van der Waals surface area contributed by atoms with E-state index in [9.17, 15) is 9.59 Å². The average molecular weight is 367 g/mol. The number of carbonyl (C=O) groups excluding carboxylic acids is 2. The van der Waals surface area contributed by atoms with Crippen molar-refractivity contribution in [1.82, 2.24) is 20.0 Å². The fraction of sp³-hybridized carbons (Fsp3) is 0.895.